The van der Waals surface area contributed by atoms with Crippen LogP contribution in [0.4, 0.5) is 0 Å². The van der Waals surface area contributed by atoms with Crippen LogP contribution in [0.5, 0.6) is 0 Å². The van der Waals surface area contributed by atoms with Crippen LogP contribution in [-0.4, -0.2) is 17.9 Å². The summed E-state index contributed by atoms with van der Waals surface area (Å²) in [7, 11) is 0. The maximum atomic E-state index is 11.2. The Morgan fingerprint density at radius 3 is 1.42 bits per heavy atom. The third-order valence-electron chi connectivity index (χ3n) is 4.30. The summed E-state index contributed by atoms with van der Waals surface area (Å²) in [5, 5.41) is 0. The van der Waals surface area contributed by atoms with Crippen molar-refractivity contribution in [1.29, 1.82) is 0 Å². The smallest absolute Gasteiger partial charge is 0.155 e. The number of Topliss-reactive ketones (excluding diaryl/α,β-unsaturated/α-hetero) is 1. The number of hydrogen-bond acceptors (Lipinski definition) is 3. The minimum atomic E-state index is 0.218. The average molecular weight is 459 g/mol. The Hall–Kier alpha value is -2.29. The van der Waals surface area contributed by atoms with Crippen LogP contribution in [-0.2, 0) is 14.4 Å². The highest BCUT2D eigenvalue weighted by atomic mass is 16.1. The molecule has 33 heavy (non-hydrogen) atoms. The molecule has 0 aromatic carbocycles. The SMILES string of the molecule is CC(C)=CCC/C(C)=C/C=O.CCCC(=O)/C=C/C=C(\C)CCC=C(C)C.CCCC(C)=O. The predicted octanol–water partition coefficient (Wildman–Crippen LogP) is 8.86. The summed E-state index contributed by atoms with van der Waals surface area (Å²) in [5.41, 5.74) is 5.17. The van der Waals surface area contributed by atoms with E-state index in [1.807, 2.05) is 32.9 Å². The summed E-state index contributed by atoms with van der Waals surface area (Å²) in [6.45, 7) is 18.1. The zero-order chi connectivity index (χ0) is 26.1. The second-order valence-corrected chi connectivity index (χ2v) is 8.83. The molecule has 0 rings (SSSR count). The molecule has 0 saturated heterocycles. The second kappa shape index (κ2) is 26.0. The van der Waals surface area contributed by atoms with Crippen LogP contribution >= 0.6 is 0 Å². The monoisotopic (exact) mass is 458 g/mol. The van der Waals surface area contributed by atoms with E-state index in [0.717, 1.165) is 56.8 Å². The molecule has 0 aliphatic rings. The lowest BCUT2D eigenvalue weighted by atomic mass is 10.1. The Morgan fingerprint density at radius 1 is 0.636 bits per heavy atom. The van der Waals surface area contributed by atoms with Gasteiger partial charge in [0.2, 0.25) is 0 Å². The number of rotatable bonds is 13. The van der Waals surface area contributed by atoms with Crippen LogP contribution < -0.4 is 0 Å². The number of allylic oxidation sites excluding steroid dienone is 10. The van der Waals surface area contributed by atoms with Crippen molar-refractivity contribution in [1.82, 2.24) is 0 Å². The topological polar surface area (TPSA) is 51.2 Å². The molecule has 0 fully saturated rings. The lowest BCUT2D eigenvalue weighted by Gasteiger charge is -1.96. The van der Waals surface area contributed by atoms with Gasteiger partial charge < -0.3 is 4.79 Å². The van der Waals surface area contributed by atoms with Gasteiger partial charge in [0.15, 0.2) is 5.78 Å². The molecule has 3 nitrogen and oxygen atoms in total. The van der Waals surface area contributed by atoms with Gasteiger partial charge >= 0.3 is 0 Å². The fraction of sp³-hybridized carbons (Fsp3) is 0.567. The van der Waals surface area contributed by atoms with Gasteiger partial charge in [-0.05, 0) is 99.1 Å². The third kappa shape index (κ3) is 37.4. The summed E-state index contributed by atoms with van der Waals surface area (Å²) in [6.07, 6.45) is 19.9. The van der Waals surface area contributed by atoms with E-state index in [1.165, 1.54) is 16.7 Å². The summed E-state index contributed by atoms with van der Waals surface area (Å²) >= 11 is 0. The Morgan fingerprint density at radius 2 is 1.09 bits per heavy atom. The van der Waals surface area contributed by atoms with Gasteiger partial charge in [0.05, 0.1) is 0 Å². The van der Waals surface area contributed by atoms with Crippen molar-refractivity contribution >= 4 is 17.9 Å². The van der Waals surface area contributed by atoms with E-state index >= 15 is 0 Å². The Bertz CT molecular complexity index is 677. The molecule has 188 valence electrons. The molecule has 0 aliphatic heterocycles. The Kier molecular flexibility index (Phi) is 27.8. The van der Waals surface area contributed by atoms with Crippen molar-refractivity contribution in [2.45, 2.75) is 114 Å². The summed E-state index contributed by atoms with van der Waals surface area (Å²) < 4.78 is 0. The zero-order valence-corrected chi connectivity index (χ0v) is 22.9. The molecule has 0 bridgehead atoms. The van der Waals surface area contributed by atoms with Crippen molar-refractivity contribution in [3.05, 3.63) is 58.7 Å². The molecule has 0 N–H and O–H groups in total. The zero-order valence-electron chi connectivity index (χ0n) is 22.9. The normalized spacial score (nSPS) is 10.9. The molecular weight excluding hydrogens is 408 g/mol. The fourth-order valence-electron chi connectivity index (χ4n) is 2.46. The van der Waals surface area contributed by atoms with E-state index in [9.17, 15) is 14.4 Å². The maximum absolute atomic E-state index is 11.2. The van der Waals surface area contributed by atoms with Gasteiger partial charge in [0.25, 0.3) is 0 Å². The van der Waals surface area contributed by atoms with E-state index in [-0.39, 0.29) is 11.6 Å². The Balaban J connectivity index is -0.000000457. The summed E-state index contributed by atoms with van der Waals surface area (Å²) in [5.74, 6) is 0.508. The van der Waals surface area contributed by atoms with Gasteiger partial charge in [-0.2, -0.15) is 0 Å². The van der Waals surface area contributed by atoms with E-state index in [2.05, 4.69) is 46.8 Å². The first-order valence-corrected chi connectivity index (χ1v) is 12.2. The molecule has 0 unspecified atom stereocenters. The molecule has 0 saturated carbocycles. The summed E-state index contributed by atoms with van der Waals surface area (Å²) in [4.78, 5) is 31.3. The maximum Gasteiger partial charge on any atom is 0.155 e. The first-order valence-electron chi connectivity index (χ1n) is 12.2. The molecule has 0 aliphatic carbocycles. The van der Waals surface area contributed by atoms with Gasteiger partial charge in [0.1, 0.15) is 12.1 Å². The number of carbonyl (C=O) groups excluding carboxylic acids is 3. The minimum absolute atomic E-state index is 0.218. The van der Waals surface area contributed by atoms with Crippen LogP contribution in [0.1, 0.15) is 114 Å². The second-order valence-electron chi connectivity index (χ2n) is 8.83. The molecule has 0 spiro atoms. The van der Waals surface area contributed by atoms with Crippen molar-refractivity contribution < 1.29 is 14.4 Å². The largest absolute Gasteiger partial charge is 0.300 e. The van der Waals surface area contributed by atoms with Crippen LogP contribution in [0.3, 0.4) is 0 Å². The molecule has 0 aromatic rings. The first kappa shape index (κ1) is 35.3. The van der Waals surface area contributed by atoms with Crippen molar-refractivity contribution in [3.8, 4) is 0 Å². The number of aldehydes is 1. The highest BCUT2D eigenvalue weighted by molar-refractivity contribution is 5.89. The van der Waals surface area contributed by atoms with E-state index in [1.54, 1.807) is 19.1 Å². The van der Waals surface area contributed by atoms with Crippen molar-refractivity contribution in [2.75, 3.05) is 0 Å². The van der Waals surface area contributed by atoms with Gasteiger partial charge in [-0.15, -0.1) is 0 Å². The minimum Gasteiger partial charge on any atom is -0.300 e. The lowest BCUT2D eigenvalue weighted by molar-refractivity contribution is -0.117. The Labute approximate surface area is 204 Å². The molecule has 3 heteroatoms. The number of carbonyl (C=O) groups is 3. The highest BCUT2D eigenvalue weighted by Gasteiger charge is 1.92. The van der Waals surface area contributed by atoms with Crippen LogP contribution in [0.15, 0.2) is 58.7 Å². The van der Waals surface area contributed by atoms with Crippen LogP contribution in [0.2, 0.25) is 0 Å². The van der Waals surface area contributed by atoms with Gasteiger partial charge in [0, 0.05) is 12.8 Å². The molecule has 0 amide bonds. The predicted molar refractivity (Wildman–Crippen MR) is 146 cm³/mol. The van der Waals surface area contributed by atoms with Crippen molar-refractivity contribution in [2.24, 2.45) is 0 Å². The van der Waals surface area contributed by atoms with Crippen LogP contribution in [0, 0.1) is 0 Å². The molecule has 0 atom stereocenters. The van der Waals surface area contributed by atoms with Crippen molar-refractivity contribution in [3.63, 3.8) is 0 Å². The van der Waals surface area contributed by atoms with Gasteiger partial charge in [-0.1, -0.05) is 60.4 Å². The van der Waals surface area contributed by atoms with E-state index in [0.29, 0.717) is 6.42 Å². The quantitative estimate of drug-likeness (QED) is 0.120. The standard InChI is InChI=1S/C15H24O.C10H16O.C5H10O/c1-5-8-15(16)12-7-11-14(4)10-6-9-13(2)3;1-9(2)5-4-6-10(3)7-8-11;1-3-4-5(2)6/h7,9,11-12H,5-6,8,10H2,1-4H3;5,7-8H,4,6H2,1-3H3;3-4H2,1-2H3/b12-7+,14-11+;10-7+;. The number of hydrogen-bond donors (Lipinski definition) is 0. The van der Waals surface area contributed by atoms with E-state index in [4.69, 9.17) is 0 Å². The van der Waals surface area contributed by atoms with Crippen LogP contribution in [0.25, 0.3) is 0 Å². The fourth-order valence-corrected chi connectivity index (χ4v) is 2.46. The molecular formula is C30H50O3. The molecule has 0 radical (unpaired) electrons. The lowest BCUT2D eigenvalue weighted by Crippen LogP contribution is -1.89. The first-order chi connectivity index (χ1) is 15.5. The third-order valence-corrected chi connectivity index (χ3v) is 4.30. The van der Waals surface area contributed by atoms with Gasteiger partial charge in [-0.25, -0.2) is 0 Å². The highest BCUT2D eigenvalue weighted by Crippen LogP contribution is 2.07. The molecule has 0 aromatic heterocycles. The van der Waals surface area contributed by atoms with Gasteiger partial charge in [-0.3, -0.25) is 9.59 Å². The molecule has 0 heterocycles. The van der Waals surface area contributed by atoms with E-state index < -0.39 is 0 Å². The summed E-state index contributed by atoms with van der Waals surface area (Å²) in [6, 6.07) is 0. The average Bonchev–Trinajstić information content (AvgIpc) is 2.68. The number of ketones is 2.